The molecule has 1 saturated carbocycles. The van der Waals surface area contributed by atoms with Crippen molar-refractivity contribution in [3.8, 4) is 11.4 Å². The van der Waals surface area contributed by atoms with Gasteiger partial charge in [0.15, 0.2) is 0 Å². The van der Waals surface area contributed by atoms with E-state index in [2.05, 4.69) is 20.8 Å². The van der Waals surface area contributed by atoms with Crippen LogP contribution in [0.4, 0.5) is 0 Å². The minimum absolute atomic E-state index is 0.117. The molecule has 23 heavy (non-hydrogen) atoms. The second-order valence-corrected chi connectivity index (χ2v) is 6.46. The van der Waals surface area contributed by atoms with Crippen molar-refractivity contribution in [2.24, 2.45) is 11.3 Å². The van der Waals surface area contributed by atoms with Gasteiger partial charge in [0.1, 0.15) is 0 Å². The molecule has 1 atom stereocenters. The summed E-state index contributed by atoms with van der Waals surface area (Å²) >= 11 is 0. The normalized spacial score (nSPS) is 22.0. The van der Waals surface area contributed by atoms with E-state index in [9.17, 15) is 4.79 Å². The fourth-order valence-corrected chi connectivity index (χ4v) is 3.51. The maximum atomic E-state index is 12.3. The van der Waals surface area contributed by atoms with Crippen LogP contribution in [0, 0.1) is 11.3 Å². The molecule has 1 aliphatic carbocycles. The molecule has 0 bridgehead atoms. The number of nitrogens with zero attached hydrogens (tertiary/aromatic N) is 2. The van der Waals surface area contributed by atoms with Crippen LogP contribution in [0.15, 0.2) is 34.9 Å². The fraction of sp³-hybridized carbons (Fsp3) is 0.471. The summed E-state index contributed by atoms with van der Waals surface area (Å²) in [6, 6.07) is 9.66. The van der Waals surface area contributed by atoms with E-state index < -0.39 is 0 Å². The third-order valence-electron chi connectivity index (χ3n) is 5.02. The van der Waals surface area contributed by atoms with E-state index in [4.69, 9.17) is 4.52 Å². The third-order valence-corrected chi connectivity index (χ3v) is 5.02. The Bertz CT molecular complexity index is 692. The van der Waals surface area contributed by atoms with Gasteiger partial charge in [-0.05, 0) is 37.8 Å². The van der Waals surface area contributed by atoms with Gasteiger partial charge in [0, 0.05) is 11.5 Å². The van der Waals surface area contributed by atoms with Crippen molar-refractivity contribution in [2.45, 2.75) is 25.8 Å². The highest BCUT2D eigenvalue weighted by atomic mass is 16.5. The molecule has 1 saturated heterocycles. The number of hydrogen-bond donors (Lipinski definition) is 2. The number of piperidine rings is 1. The van der Waals surface area contributed by atoms with Gasteiger partial charge < -0.3 is 15.2 Å². The Hall–Kier alpha value is -2.21. The number of rotatable bonds is 4. The lowest BCUT2D eigenvalue weighted by atomic mass is 9.92. The van der Waals surface area contributed by atoms with Gasteiger partial charge in [-0.3, -0.25) is 4.79 Å². The molecule has 1 aromatic heterocycles. The van der Waals surface area contributed by atoms with E-state index in [0.29, 0.717) is 18.3 Å². The lowest BCUT2D eigenvalue weighted by molar-refractivity contribution is -0.123. The van der Waals surface area contributed by atoms with Crippen molar-refractivity contribution in [3.63, 3.8) is 0 Å². The number of nitrogens with one attached hydrogen (secondary N) is 2. The molecule has 1 amide bonds. The Balaban J connectivity index is 1.33. The van der Waals surface area contributed by atoms with Gasteiger partial charge >= 0.3 is 0 Å². The van der Waals surface area contributed by atoms with Crippen molar-refractivity contribution in [1.82, 2.24) is 20.8 Å². The van der Waals surface area contributed by atoms with Gasteiger partial charge in [0.05, 0.1) is 6.54 Å². The number of amides is 1. The highest BCUT2D eigenvalue weighted by Gasteiger charge is 2.57. The van der Waals surface area contributed by atoms with Gasteiger partial charge in [0.2, 0.25) is 17.6 Å². The van der Waals surface area contributed by atoms with Crippen LogP contribution in [0.1, 0.15) is 25.2 Å². The van der Waals surface area contributed by atoms with E-state index in [-0.39, 0.29) is 17.2 Å². The summed E-state index contributed by atoms with van der Waals surface area (Å²) < 4.78 is 5.22. The van der Waals surface area contributed by atoms with Crippen LogP contribution in [0.5, 0.6) is 0 Å². The molecule has 1 spiro atoms. The molecule has 1 aliphatic heterocycles. The minimum Gasteiger partial charge on any atom is -0.347 e. The minimum atomic E-state index is 0.117. The number of benzene rings is 1. The zero-order chi connectivity index (χ0) is 15.7. The van der Waals surface area contributed by atoms with E-state index in [1.54, 1.807) is 0 Å². The highest BCUT2D eigenvalue weighted by molar-refractivity contribution is 5.82. The molecule has 1 unspecified atom stereocenters. The Labute approximate surface area is 134 Å². The van der Waals surface area contributed by atoms with Crippen LogP contribution in [-0.4, -0.2) is 29.1 Å². The quantitative estimate of drug-likeness (QED) is 0.899. The average Bonchev–Trinajstić information content (AvgIpc) is 3.08. The number of carbonyl (C=O) groups excluding carboxylic acids is 1. The monoisotopic (exact) mass is 312 g/mol. The fourth-order valence-electron chi connectivity index (χ4n) is 3.51. The Kier molecular flexibility index (Phi) is 3.61. The van der Waals surface area contributed by atoms with Gasteiger partial charge in [-0.1, -0.05) is 35.5 Å². The first-order valence-electron chi connectivity index (χ1n) is 8.13. The van der Waals surface area contributed by atoms with Crippen LogP contribution in [0.2, 0.25) is 0 Å². The van der Waals surface area contributed by atoms with Gasteiger partial charge in [-0.15, -0.1) is 0 Å². The number of carbonyl (C=O) groups is 1. The van der Waals surface area contributed by atoms with Crippen molar-refractivity contribution in [2.75, 3.05) is 13.1 Å². The van der Waals surface area contributed by atoms with Crippen molar-refractivity contribution >= 4 is 5.91 Å². The summed E-state index contributed by atoms with van der Waals surface area (Å²) in [5.41, 5.74) is 1.16. The summed E-state index contributed by atoms with van der Waals surface area (Å²) in [6.07, 6.45) is 3.22. The lowest BCUT2D eigenvalue weighted by Gasteiger charge is -2.23. The predicted octanol–water partition coefficient (Wildman–Crippen LogP) is 1.74. The first-order chi connectivity index (χ1) is 11.3. The van der Waals surface area contributed by atoms with Crippen LogP contribution in [-0.2, 0) is 11.3 Å². The maximum Gasteiger partial charge on any atom is 0.246 e. The zero-order valence-electron chi connectivity index (χ0n) is 12.9. The first-order valence-corrected chi connectivity index (χ1v) is 8.13. The maximum absolute atomic E-state index is 12.3. The van der Waals surface area contributed by atoms with Crippen molar-refractivity contribution in [3.05, 3.63) is 36.2 Å². The van der Waals surface area contributed by atoms with Crippen LogP contribution >= 0.6 is 0 Å². The van der Waals surface area contributed by atoms with E-state index in [1.807, 2.05) is 30.3 Å². The SMILES string of the molecule is O=C(NCc1nc(-c2ccccc2)no1)C1CC12CCNCC2. The van der Waals surface area contributed by atoms with Crippen LogP contribution in [0.3, 0.4) is 0 Å². The standard InChI is InChI=1S/C17H20N4O2/c22-16(13-10-17(13)6-8-18-9-7-17)19-11-14-20-15(21-23-14)12-4-2-1-3-5-12/h1-5,13,18H,6-11H2,(H,19,22). The molecular weight excluding hydrogens is 292 g/mol. The summed E-state index contributed by atoms with van der Waals surface area (Å²) in [5, 5.41) is 10.3. The Morgan fingerprint density at radius 2 is 2.09 bits per heavy atom. The summed E-state index contributed by atoms with van der Waals surface area (Å²) in [6.45, 7) is 2.34. The highest BCUT2D eigenvalue weighted by Crippen LogP contribution is 2.58. The number of hydrogen-bond acceptors (Lipinski definition) is 5. The molecule has 2 fully saturated rings. The third kappa shape index (κ3) is 2.86. The lowest BCUT2D eigenvalue weighted by Crippen LogP contribution is -2.33. The molecule has 2 aromatic rings. The predicted molar refractivity (Wildman–Crippen MR) is 84.2 cm³/mol. The molecule has 4 rings (SSSR count). The van der Waals surface area contributed by atoms with Gasteiger partial charge in [-0.2, -0.15) is 4.98 Å². The molecule has 120 valence electrons. The molecule has 2 aliphatic rings. The zero-order valence-corrected chi connectivity index (χ0v) is 12.9. The molecule has 1 aromatic carbocycles. The summed E-state index contributed by atoms with van der Waals surface area (Å²) in [4.78, 5) is 16.6. The van der Waals surface area contributed by atoms with Crippen molar-refractivity contribution < 1.29 is 9.32 Å². The van der Waals surface area contributed by atoms with Crippen LogP contribution < -0.4 is 10.6 Å². The van der Waals surface area contributed by atoms with Crippen molar-refractivity contribution in [1.29, 1.82) is 0 Å². The molecule has 2 N–H and O–H groups in total. The van der Waals surface area contributed by atoms with E-state index >= 15 is 0 Å². The second-order valence-electron chi connectivity index (χ2n) is 6.46. The van der Waals surface area contributed by atoms with Gasteiger partial charge in [0.25, 0.3) is 0 Å². The van der Waals surface area contributed by atoms with E-state index in [1.165, 1.54) is 0 Å². The largest absolute Gasteiger partial charge is 0.347 e. The Morgan fingerprint density at radius 1 is 1.30 bits per heavy atom. The molecule has 6 heteroatoms. The molecule has 6 nitrogen and oxygen atoms in total. The van der Waals surface area contributed by atoms with E-state index in [0.717, 1.165) is 37.9 Å². The molecule has 0 radical (unpaired) electrons. The second kappa shape index (κ2) is 5.77. The number of aromatic nitrogens is 2. The first kappa shape index (κ1) is 14.4. The molecular formula is C17H20N4O2. The van der Waals surface area contributed by atoms with Crippen LogP contribution in [0.25, 0.3) is 11.4 Å². The summed E-state index contributed by atoms with van der Waals surface area (Å²) in [5.74, 6) is 1.26. The van der Waals surface area contributed by atoms with Gasteiger partial charge in [-0.25, -0.2) is 0 Å². The molecule has 2 heterocycles. The topological polar surface area (TPSA) is 80.1 Å². The Morgan fingerprint density at radius 3 is 2.87 bits per heavy atom. The average molecular weight is 312 g/mol. The summed E-state index contributed by atoms with van der Waals surface area (Å²) in [7, 11) is 0. The smallest absolute Gasteiger partial charge is 0.246 e.